The van der Waals surface area contributed by atoms with Gasteiger partial charge in [-0.1, -0.05) is 23.7 Å². The van der Waals surface area contributed by atoms with Crippen molar-refractivity contribution in [2.24, 2.45) is 0 Å². The molecule has 0 fully saturated rings. The number of hydrogen-bond acceptors (Lipinski definition) is 5. The van der Waals surface area contributed by atoms with Crippen LogP contribution in [0.5, 0.6) is 0 Å². The molecule has 136 valence electrons. The van der Waals surface area contributed by atoms with E-state index in [0.717, 1.165) is 17.2 Å². The van der Waals surface area contributed by atoms with Gasteiger partial charge in [0.05, 0.1) is 10.5 Å². The Morgan fingerprint density at radius 3 is 2.54 bits per heavy atom. The van der Waals surface area contributed by atoms with Crippen LogP contribution in [0.3, 0.4) is 0 Å². The second-order valence-electron chi connectivity index (χ2n) is 5.78. The first-order chi connectivity index (χ1) is 12.2. The number of aryl methyl sites for hydroxylation is 2. The molecule has 1 amide bonds. The first-order valence-electron chi connectivity index (χ1n) is 7.72. The maximum Gasteiger partial charge on any atom is 0.339 e. The summed E-state index contributed by atoms with van der Waals surface area (Å²) >= 11 is 5.71. The predicted octanol–water partition coefficient (Wildman–Crippen LogP) is 4.05. The minimum atomic E-state index is -1.09. The Morgan fingerprint density at radius 2 is 1.88 bits per heavy atom. The summed E-state index contributed by atoms with van der Waals surface area (Å²) in [6, 6.07) is 9.14. The zero-order valence-electron chi connectivity index (χ0n) is 14.4. The Balaban J connectivity index is 2.09. The second kappa shape index (κ2) is 7.97. The number of ether oxygens (including phenoxy) is 1. The van der Waals surface area contributed by atoms with Gasteiger partial charge in [0.2, 0.25) is 0 Å². The summed E-state index contributed by atoms with van der Waals surface area (Å²) in [5.41, 5.74) is 2.00. The lowest BCUT2D eigenvalue weighted by Crippen LogP contribution is -2.30. The lowest BCUT2D eigenvalue weighted by Gasteiger charge is -2.15. The summed E-state index contributed by atoms with van der Waals surface area (Å²) in [7, 11) is 0. The van der Waals surface area contributed by atoms with Crippen molar-refractivity contribution in [1.29, 1.82) is 0 Å². The van der Waals surface area contributed by atoms with E-state index in [-0.39, 0.29) is 10.6 Å². The van der Waals surface area contributed by atoms with E-state index >= 15 is 0 Å². The first-order valence-corrected chi connectivity index (χ1v) is 8.10. The molecule has 0 radical (unpaired) electrons. The number of benzene rings is 2. The van der Waals surface area contributed by atoms with Crippen molar-refractivity contribution >= 4 is 34.9 Å². The monoisotopic (exact) mass is 376 g/mol. The number of hydrogen-bond donors (Lipinski definition) is 1. The van der Waals surface area contributed by atoms with E-state index in [2.05, 4.69) is 5.32 Å². The van der Waals surface area contributed by atoms with Crippen molar-refractivity contribution in [3.8, 4) is 0 Å². The van der Waals surface area contributed by atoms with Gasteiger partial charge in [-0.3, -0.25) is 14.9 Å². The van der Waals surface area contributed by atoms with E-state index in [1.54, 1.807) is 0 Å². The molecule has 0 spiro atoms. The summed E-state index contributed by atoms with van der Waals surface area (Å²) < 4.78 is 5.10. The lowest BCUT2D eigenvalue weighted by molar-refractivity contribution is -0.384. The summed E-state index contributed by atoms with van der Waals surface area (Å²) in [6.45, 7) is 5.16. The minimum Gasteiger partial charge on any atom is -0.449 e. The standard InChI is InChI=1S/C18H17ClN2O5/c1-10-4-5-11(2)15(8-10)20-17(22)12(3)26-18(23)13-6-7-14(19)16(9-13)21(24)25/h4-9,12H,1-3H3,(H,20,22)/t12-/m1/s1. The van der Waals surface area contributed by atoms with Crippen LogP contribution < -0.4 is 5.32 Å². The summed E-state index contributed by atoms with van der Waals surface area (Å²) in [5, 5.41) is 13.5. The van der Waals surface area contributed by atoms with Crippen LogP contribution in [0.25, 0.3) is 0 Å². The number of nitrogens with one attached hydrogen (secondary N) is 1. The zero-order chi connectivity index (χ0) is 19.4. The fraction of sp³-hybridized carbons (Fsp3) is 0.222. The molecule has 1 N–H and O–H groups in total. The number of nitro benzene ring substituents is 1. The fourth-order valence-corrected chi connectivity index (χ4v) is 2.35. The first kappa shape index (κ1) is 19.4. The molecule has 0 saturated heterocycles. The van der Waals surface area contributed by atoms with Crippen LogP contribution in [0.2, 0.25) is 5.02 Å². The highest BCUT2D eigenvalue weighted by Gasteiger charge is 2.22. The molecule has 26 heavy (non-hydrogen) atoms. The summed E-state index contributed by atoms with van der Waals surface area (Å²) in [5.74, 6) is -1.36. The van der Waals surface area contributed by atoms with Gasteiger partial charge >= 0.3 is 5.97 Å². The molecule has 0 saturated carbocycles. The van der Waals surface area contributed by atoms with Gasteiger partial charge in [0.15, 0.2) is 6.10 Å². The fourth-order valence-electron chi connectivity index (χ4n) is 2.17. The number of esters is 1. The molecular formula is C18H17ClN2O5. The number of nitrogens with zero attached hydrogens (tertiary/aromatic N) is 1. The second-order valence-corrected chi connectivity index (χ2v) is 6.19. The minimum absolute atomic E-state index is 0.0625. The molecule has 0 heterocycles. The van der Waals surface area contributed by atoms with Crippen molar-refractivity contribution < 1.29 is 19.2 Å². The van der Waals surface area contributed by atoms with Gasteiger partial charge < -0.3 is 10.1 Å². The third-order valence-corrected chi connectivity index (χ3v) is 4.00. The molecular weight excluding hydrogens is 360 g/mol. The van der Waals surface area contributed by atoms with Crippen LogP contribution in [0.1, 0.15) is 28.4 Å². The highest BCUT2D eigenvalue weighted by atomic mass is 35.5. The molecule has 2 aromatic rings. The van der Waals surface area contributed by atoms with Crippen molar-refractivity contribution in [3.05, 3.63) is 68.2 Å². The maximum absolute atomic E-state index is 12.3. The molecule has 0 unspecified atom stereocenters. The highest BCUT2D eigenvalue weighted by molar-refractivity contribution is 6.32. The molecule has 0 aliphatic rings. The average Bonchev–Trinajstić information content (AvgIpc) is 2.58. The van der Waals surface area contributed by atoms with Gasteiger partial charge in [-0.25, -0.2) is 4.79 Å². The van der Waals surface area contributed by atoms with E-state index in [1.165, 1.54) is 19.1 Å². The predicted molar refractivity (Wildman–Crippen MR) is 97.5 cm³/mol. The Morgan fingerprint density at radius 1 is 1.19 bits per heavy atom. The number of nitro groups is 1. The van der Waals surface area contributed by atoms with Crippen LogP contribution in [-0.2, 0) is 9.53 Å². The summed E-state index contributed by atoms with van der Waals surface area (Å²) in [6.07, 6.45) is -1.09. The normalized spacial score (nSPS) is 11.5. The highest BCUT2D eigenvalue weighted by Crippen LogP contribution is 2.25. The van der Waals surface area contributed by atoms with E-state index in [0.29, 0.717) is 5.69 Å². The molecule has 7 nitrogen and oxygen atoms in total. The van der Waals surface area contributed by atoms with Gasteiger partial charge in [-0.2, -0.15) is 0 Å². The van der Waals surface area contributed by atoms with E-state index in [1.807, 2.05) is 32.0 Å². The molecule has 2 aromatic carbocycles. The van der Waals surface area contributed by atoms with Crippen LogP contribution in [0.15, 0.2) is 36.4 Å². The number of amides is 1. The topological polar surface area (TPSA) is 98.5 Å². The van der Waals surface area contributed by atoms with Gasteiger partial charge in [-0.15, -0.1) is 0 Å². The van der Waals surface area contributed by atoms with Gasteiger partial charge in [-0.05, 0) is 50.1 Å². The Hall–Kier alpha value is -2.93. The smallest absolute Gasteiger partial charge is 0.339 e. The lowest BCUT2D eigenvalue weighted by atomic mass is 10.1. The molecule has 0 aliphatic heterocycles. The van der Waals surface area contributed by atoms with Crippen molar-refractivity contribution in [2.75, 3.05) is 5.32 Å². The van der Waals surface area contributed by atoms with Crippen LogP contribution in [0, 0.1) is 24.0 Å². The van der Waals surface area contributed by atoms with Crippen molar-refractivity contribution in [1.82, 2.24) is 0 Å². The number of carbonyl (C=O) groups is 2. The van der Waals surface area contributed by atoms with E-state index in [4.69, 9.17) is 16.3 Å². The van der Waals surface area contributed by atoms with Crippen molar-refractivity contribution in [2.45, 2.75) is 26.9 Å². The van der Waals surface area contributed by atoms with E-state index < -0.39 is 28.6 Å². The number of anilines is 1. The van der Waals surface area contributed by atoms with Gasteiger partial charge in [0, 0.05) is 11.8 Å². The van der Waals surface area contributed by atoms with Gasteiger partial charge in [0.1, 0.15) is 5.02 Å². The van der Waals surface area contributed by atoms with Gasteiger partial charge in [0.25, 0.3) is 11.6 Å². The SMILES string of the molecule is Cc1ccc(C)c(NC(=O)[C@@H](C)OC(=O)c2ccc(Cl)c([N+](=O)[O-])c2)c1. The largest absolute Gasteiger partial charge is 0.449 e. The van der Waals surface area contributed by atoms with Crippen LogP contribution >= 0.6 is 11.6 Å². The van der Waals surface area contributed by atoms with Crippen LogP contribution in [0.4, 0.5) is 11.4 Å². The third kappa shape index (κ3) is 4.58. The molecule has 0 aliphatic carbocycles. The van der Waals surface area contributed by atoms with Crippen molar-refractivity contribution in [3.63, 3.8) is 0 Å². The number of rotatable bonds is 5. The molecule has 8 heteroatoms. The number of carbonyl (C=O) groups excluding carboxylic acids is 2. The average molecular weight is 377 g/mol. The maximum atomic E-state index is 12.3. The summed E-state index contributed by atoms with van der Waals surface area (Å²) in [4.78, 5) is 34.6. The molecule has 0 bridgehead atoms. The zero-order valence-corrected chi connectivity index (χ0v) is 15.2. The molecule has 2 rings (SSSR count). The Kier molecular flexibility index (Phi) is 5.94. The quantitative estimate of drug-likeness (QED) is 0.482. The Labute approximate surface area is 155 Å². The Bertz CT molecular complexity index is 882. The van der Waals surface area contributed by atoms with E-state index in [9.17, 15) is 19.7 Å². The number of halogens is 1. The molecule has 1 atom stereocenters. The molecule has 0 aromatic heterocycles. The van der Waals surface area contributed by atoms with Crippen LogP contribution in [-0.4, -0.2) is 22.9 Å². The third-order valence-electron chi connectivity index (χ3n) is 3.68.